The first-order valence-corrected chi connectivity index (χ1v) is 9.23. The number of halogens is 3. The summed E-state index contributed by atoms with van der Waals surface area (Å²) < 4.78 is 40.9. The van der Waals surface area contributed by atoms with E-state index in [1.807, 2.05) is 13.8 Å². The van der Waals surface area contributed by atoms with Gasteiger partial charge in [-0.2, -0.15) is 18.3 Å². The van der Waals surface area contributed by atoms with Gasteiger partial charge < -0.3 is 10.0 Å². The van der Waals surface area contributed by atoms with Crippen LogP contribution in [0, 0.1) is 5.92 Å². The van der Waals surface area contributed by atoms with Crippen molar-refractivity contribution < 1.29 is 23.1 Å². The molecule has 0 unspecified atom stereocenters. The Kier molecular flexibility index (Phi) is 5.07. The van der Waals surface area contributed by atoms with E-state index in [0.29, 0.717) is 12.5 Å². The third kappa shape index (κ3) is 3.48. The van der Waals surface area contributed by atoms with Gasteiger partial charge in [-0.3, -0.25) is 4.79 Å². The van der Waals surface area contributed by atoms with E-state index in [1.54, 1.807) is 0 Å². The molecule has 1 saturated carbocycles. The Bertz CT molecular complexity index is 852. The third-order valence-corrected chi connectivity index (χ3v) is 5.07. The maximum atomic E-state index is 13.3. The van der Waals surface area contributed by atoms with Gasteiger partial charge in [0.05, 0.1) is 18.8 Å². The van der Waals surface area contributed by atoms with Crippen molar-refractivity contribution in [3.8, 4) is 0 Å². The Morgan fingerprint density at radius 2 is 2.04 bits per heavy atom. The number of amides is 1. The topological polar surface area (TPSA) is 70.7 Å². The zero-order valence-corrected chi connectivity index (χ0v) is 15.2. The quantitative estimate of drug-likeness (QED) is 0.874. The summed E-state index contributed by atoms with van der Waals surface area (Å²) in [4.78, 5) is 17.1. The number of carbonyl (C=O) groups is 1. The number of imidazole rings is 1. The molecule has 0 bridgehead atoms. The number of rotatable bonds is 4. The lowest BCUT2D eigenvalue weighted by molar-refractivity contribution is -0.142. The van der Waals surface area contributed by atoms with Crippen LogP contribution in [-0.4, -0.2) is 37.1 Å². The Morgan fingerprint density at radius 1 is 1.35 bits per heavy atom. The van der Waals surface area contributed by atoms with Gasteiger partial charge in [0.25, 0.3) is 0 Å². The monoisotopic (exact) mass is 388 g/mol. The zero-order chi connectivity index (χ0) is 19.1. The van der Waals surface area contributed by atoms with Gasteiger partial charge in [-0.15, -0.1) is 0 Å². The molecule has 10 heteroatoms. The molecule has 0 aromatic carbocycles. The zero-order valence-electron chi connectivity index (χ0n) is 14.4. The second-order valence-corrected chi connectivity index (χ2v) is 6.98. The molecular formula is C16H19F3N4O2S. The van der Waals surface area contributed by atoms with E-state index >= 15 is 0 Å². The fourth-order valence-corrected chi connectivity index (χ4v) is 3.64. The normalized spacial score (nSPS) is 17.5. The van der Waals surface area contributed by atoms with Crippen LogP contribution < -0.4 is 0 Å². The highest BCUT2D eigenvalue weighted by Gasteiger charge is 2.40. The number of fused-ring (bicyclic) bond motifs is 1. The van der Waals surface area contributed by atoms with Crippen LogP contribution in [0.3, 0.4) is 0 Å². The number of aromatic nitrogens is 3. The molecule has 0 saturated heterocycles. The molecule has 3 heterocycles. The van der Waals surface area contributed by atoms with E-state index in [4.69, 9.17) is 5.11 Å². The lowest BCUT2D eigenvalue weighted by atomic mass is 10.2. The molecule has 2 aliphatic rings. The number of nitrogens with zero attached hydrogens (tertiary/aromatic N) is 4. The summed E-state index contributed by atoms with van der Waals surface area (Å²) in [6.07, 6.45) is -1.03. The Balaban J connectivity index is 0.000000948. The van der Waals surface area contributed by atoms with E-state index in [9.17, 15) is 18.0 Å². The first-order chi connectivity index (χ1) is 12.4. The summed E-state index contributed by atoms with van der Waals surface area (Å²) in [5.74, 6) is 0.115. The van der Waals surface area contributed by atoms with E-state index in [0.717, 1.165) is 34.3 Å². The van der Waals surface area contributed by atoms with Crippen molar-refractivity contribution in [1.82, 2.24) is 19.5 Å². The predicted octanol–water partition coefficient (Wildman–Crippen LogP) is 3.01. The number of hydrogen-bond acceptors (Lipinski definition) is 5. The average molecular weight is 388 g/mol. The van der Waals surface area contributed by atoms with Crippen molar-refractivity contribution in [3.05, 3.63) is 28.0 Å². The molecule has 1 aliphatic carbocycles. The van der Waals surface area contributed by atoms with Gasteiger partial charge >= 0.3 is 6.18 Å². The summed E-state index contributed by atoms with van der Waals surface area (Å²) in [7, 11) is 0. The van der Waals surface area contributed by atoms with E-state index in [1.165, 1.54) is 11.0 Å². The van der Waals surface area contributed by atoms with Crippen molar-refractivity contribution in [3.63, 3.8) is 0 Å². The number of carbonyl (C=O) groups excluding carboxylic acids is 1. The first kappa shape index (κ1) is 18.8. The molecule has 142 valence electrons. The molecule has 2 aromatic heterocycles. The van der Waals surface area contributed by atoms with E-state index in [-0.39, 0.29) is 34.7 Å². The van der Waals surface area contributed by atoms with Crippen molar-refractivity contribution >= 4 is 22.2 Å². The van der Waals surface area contributed by atoms with E-state index < -0.39 is 11.9 Å². The van der Waals surface area contributed by atoms with Crippen LogP contribution in [0.25, 0.3) is 4.96 Å². The van der Waals surface area contributed by atoms with Crippen LogP contribution in [0.5, 0.6) is 0 Å². The SMILES string of the molecule is CC.O=C1C=C(C2CC2)CN1Cc1c(C(F)(F)F)nc2sc(CO)nn12. The molecule has 2 aromatic rings. The van der Waals surface area contributed by atoms with Crippen molar-refractivity contribution in [2.45, 2.75) is 46.0 Å². The minimum Gasteiger partial charge on any atom is -0.389 e. The highest BCUT2D eigenvalue weighted by atomic mass is 32.1. The molecular weight excluding hydrogens is 369 g/mol. The predicted molar refractivity (Wildman–Crippen MR) is 89.4 cm³/mol. The molecule has 26 heavy (non-hydrogen) atoms. The largest absolute Gasteiger partial charge is 0.435 e. The number of alkyl halides is 3. The van der Waals surface area contributed by atoms with Crippen LogP contribution in [0.4, 0.5) is 13.2 Å². The molecule has 1 aliphatic heterocycles. The van der Waals surface area contributed by atoms with E-state index in [2.05, 4.69) is 10.1 Å². The Labute approximate surface area is 151 Å². The van der Waals surface area contributed by atoms with Gasteiger partial charge in [0.1, 0.15) is 5.01 Å². The van der Waals surface area contributed by atoms with Crippen LogP contribution in [0.15, 0.2) is 11.6 Å². The van der Waals surface area contributed by atoms with Crippen molar-refractivity contribution in [2.75, 3.05) is 6.54 Å². The number of hydrogen-bond donors (Lipinski definition) is 1. The maximum absolute atomic E-state index is 13.3. The molecule has 0 radical (unpaired) electrons. The fourth-order valence-electron chi connectivity index (χ4n) is 2.87. The second-order valence-electron chi connectivity index (χ2n) is 5.94. The van der Waals surface area contributed by atoms with Crippen molar-refractivity contribution in [1.29, 1.82) is 0 Å². The standard InChI is InChI=1S/C14H13F3N4O2S.C2H6/c15-14(16,17)12-9(21-13(18-12)24-10(6-22)19-21)5-20-4-8(3-11(20)23)7-1-2-7;1-2/h3,7,22H,1-2,4-6H2;1-2H3. The molecule has 1 N–H and O–H groups in total. The van der Waals surface area contributed by atoms with Gasteiger partial charge in [-0.1, -0.05) is 25.2 Å². The van der Waals surface area contributed by atoms with Gasteiger partial charge in [-0.25, -0.2) is 9.50 Å². The average Bonchev–Trinajstić information content (AvgIpc) is 3.14. The summed E-state index contributed by atoms with van der Waals surface area (Å²) in [5, 5.41) is 13.4. The van der Waals surface area contributed by atoms with Crippen molar-refractivity contribution in [2.24, 2.45) is 5.92 Å². The maximum Gasteiger partial charge on any atom is 0.435 e. The van der Waals surface area contributed by atoms with Gasteiger partial charge in [0.2, 0.25) is 10.9 Å². The minimum atomic E-state index is -4.63. The van der Waals surface area contributed by atoms with Crippen LogP contribution >= 0.6 is 11.3 Å². The minimum absolute atomic E-state index is 0.0587. The van der Waals surface area contributed by atoms with Crippen LogP contribution in [0.1, 0.15) is 43.1 Å². The molecule has 4 rings (SSSR count). The van der Waals surface area contributed by atoms with Crippen LogP contribution in [0.2, 0.25) is 0 Å². The van der Waals surface area contributed by atoms with Gasteiger partial charge in [0.15, 0.2) is 5.69 Å². The number of aliphatic hydroxyl groups is 1. The van der Waals surface area contributed by atoms with Gasteiger partial charge in [0, 0.05) is 12.6 Å². The molecule has 0 spiro atoms. The third-order valence-electron chi connectivity index (χ3n) is 4.18. The Morgan fingerprint density at radius 3 is 2.62 bits per heavy atom. The number of aliphatic hydroxyl groups excluding tert-OH is 1. The fraction of sp³-hybridized carbons (Fsp3) is 0.562. The Hall–Kier alpha value is -1.94. The lowest BCUT2D eigenvalue weighted by Gasteiger charge is -2.17. The lowest BCUT2D eigenvalue weighted by Crippen LogP contribution is -2.28. The smallest absolute Gasteiger partial charge is 0.389 e. The van der Waals surface area contributed by atoms with Crippen LogP contribution in [-0.2, 0) is 24.1 Å². The molecule has 0 atom stereocenters. The highest BCUT2D eigenvalue weighted by molar-refractivity contribution is 7.16. The molecule has 1 amide bonds. The molecule has 1 fully saturated rings. The summed E-state index contributed by atoms with van der Waals surface area (Å²) in [5.41, 5.74) is -0.214. The first-order valence-electron chi connectivity index (χ1n) is 8.41. The summed E-state index contributed by atoms with van der Waals surface area (Å²) in [6.45, 7) is 3.77. The second kappa shape index (κ2) is 6.99. The highest BCUT2D eigenvalue weighted by Crippen LogP contribution is 2.39. The summed E-state index contributed by atoms with van der Waals surface area (Å²) in [6, 6.07) is 0. The summed E-state index contributed by atoms with van der Waals surface area (Å²) >= 11 is 0.897. The molecule has 6 nitrogen and oxygen atoms in total. The van der Waals surface area contributed by atoms with Gasteiger partial charge in [-0.05, 0) is 24.3 Å².